The maximum Gasteiger partial charge on any atom is 0.284 e. The number of carbonyl (C=O) groups is 1. The molecule has 0 radical (unpaired) electrons. The zero-order chi connectivity index (χ0) is 13.2. The Morgan fingerprint density at radius 1 is 1.32 bits per heavy atom. The van der Waals surface area contributed by atoms with E-state index in [2.05, 4.69) is 4.98 Å². The van der Waals surface area contributed by atoms with Crippen LogP contribution < -0.4 is 5.56 Å². The quantitative estimate of drug-likeness (QED) is 0.762. The standard InChI is InChI=1S/C13H13N3O3/c17-12-10(13(18)16-7-3-4-8-19-16)9-14-11-5-1-2-6-15(11)12/h1-2,5-6,9H,3-4,7-8H2. The summed E-state index contributed by atoms with van der Waals surface area (Å²) in [5, 5.41) is 1.25. The fraction of sp³-hybridized carbons (Fsp3) is 0.308. The van der Waals surface area contributed by atoms with Crippen molar-refractivity contribution in [3.8, 4) is 0 Å². The van der Waals surface area contributed by atoms with Crippen LogP contribution in [-0.4, -0.2) is 33.5 Å². The number of hydroxylamine groups is 2. The van der Waals surface area contributed by atoms with Gasteiger partial charge in [0.25, 0.3) is 11.5 Å². The molecule has 1 amide bonds. The summed E-state index contributed by atoms with van der Waals surface area (Å²) in [5.74, 6) is -0.421. The van der Waals surface area contributed by atoms with E-state index in [-0.39, 0.29) is 11.1 Å². The summed E-state index contributed by atoms with van der Waals surface area (Å²) in [6.07, 6.45) is 4.73. The van der Waals surface area contributed by atoms with Crippen molar-refractivity contribution in [2.75, 3.05) is 13.2 Å². The maximum absolute atomic E-state index is 12.2. The molecule has 1 fully saturated rings. The topological polar surface area (TPSA) is 63.9 Å². The van der Waals surface area contributed by atoms with Gasteiger partial charge in [-0.15, -0.1) is 0 Å². The molecular formula is C13H13N3O3. The Bertz CT molecular complexity index is 674. The van der Waals surface area contributed by atoms with Gasteiger partial charge in [-0.1, -0.05) is 6.07 Å². The van der Waals surface area contributed by atoms with Crippen LogP contribution in [0.2, 0.25) is 0 Å². The largest absolute Gasteiger partial charge is 0.284 e. The average Bonchev–Trinajstić information content (AvgIpc) is 2.48. The van der Waals surface area contributed by atoms with Crippen molar-refractivity contribution in [3.63, 3.8) is 0 Å². The summed E-state index contributed by atoms with van der Waals surface area (Å²) >= 11 is 0. The number of hydrogen-bond acceptors (Lipinski definition) is 4. The fourth-order valence-electron chi connectivity index (χ4n) is 2.06. The van der Waals surface area contributed by atoms with Crippen molar-refractivity contribution in [1.82, 2.24) is 14.4 Å². The lowest BCUT2D eigenvalue weighted by Crippen LogP contribution is -2.39. The molecule has 3 rings (SSSR count). The first-order chi connectivity index (χ1) is 9.27. The highest BCUT2D eigenvalue weighted by Gasteiger charge is 2.22. The molecule has 0 aromatic carbocycles. The average molecular weight is 259 g/mol. The number of carbonyl (C=O) groups excluding carboxylic acids is 1. The van der Waals surface area contributed by atoms with Crippen molar-refractivity contribution in [2.45, 2.75) is 12.8 Å². The number of nitrogens with zero attached hydrogens (tertiary/aromatic N) is 3. The molecule has 0 bridgehead atoms. The summed E-state index contributed by atoms with van der Waals surface area (Å²) in [4.78, 5) is 33.8. The second kappa shape index (κ2) is 4.81. The highest BCUT2D eigenvalue weighted by molar-refractivity contribution is 5.93. The van der Waals surface area contributed by atoms with Crippen LogP contribution in [0.25, 0.3) is 5.65 Å². The number of rotatable bonds is 1. The lowest BCUT2D eigenvalue weighted by molar-refractivity contribution is -0.144. The molecule has 6 nitrogen and oxygen atoms in total. The number of amides is 1. The zero-order valence-corrected chi connectivity index (χ0v) is 10.3. The molecule has 19 heavy (non-hydrogen) atoms. The van der Waals surface area contributed by atoms with Gasteiger partial charge in [0.1, 0.15) is 11.2 Å². The molecule has 1 aliphatic rings. The SMILES string of the molecule is O=C(c1cnc2ccccn2c1=O)N1CCCCO1. The summed E-state index contributed by atoms with van der Waals surface area (Å²) < 4.78 is 1.36. The van der Waals surface area contributed by atoms with Gasteiger partial charge in [-0.2, -0.15) is 0 Å². The van der Waals surface area contributed by atoms with Crippen LogP contribution >= 0.6 is 0 Å². The Kier molecular flexibility index (Phi) is 3.00. The van der Waals surface area contributed by atoms with E-state index < -0.39 is 5.91 Å². The van der Waals surface area contributed by atoms with Gasteiger partial charge >= 0.3 is 0 Å². The lowest BCUT2D eigenvalue weighted by atomic mass is 10.2. The molecule has 0 saturated carbocycles. The molecule has 0 aliphatic carbocycles. The second-order valence-electron chi connectivity index (χ2n) is 4.35. The first-order valence-electron chi connectivity index (χ1n) is 6.18. The fourth-order valence-corrected chi connectivity index (χ4v) is 2.06. The van der Waals surface area contributed by atoms with Crippen LogP contribution in [0.15, 0.2) is 35.4 Å². The first kappa shape index (κ1) is 11.9. The van der Waals surface area contributed by atoms with Crippen LogP contribution in [0.4, 0.5) is 0 Å². The minimum absolute atomic E-state index is 0.0330. The van der Waals surface area contributed by atoms with E-state index in [9.17, 15) is 9.59 Å². The number of pyridine rings is 1. The Hall–Kier alpha value is -2.21. The van der Waals surface area contributed by atoms with Gasteiger partial charge in [0.05, 0.1) is 6.61 Å². The normalized spacial score (nSPS) is 15.7. The Morgan fingerprint density at radius 3 is 3.00 bits per heavy atom. The van der Waals surface area contributed by atoms with Crippen LogP contribution in [-0.2, 0) is 4.84 Å². The van der Waals surface area contributed by atoms with Crippen LogP contribution in [0.1, 0.15) is 23.2 Å². The van der Waals surface area contributed by atoms with Gasteiger partial charge in [-0.3, -0.25) is 18.8 Å². The van der Waals surface area contributed by atoms with Gasteiger partial charge in [-0.25, -0.2) is 10.0 Å². The number of hydrogen-bond donors (Lipinski definition) is 0. The maximum atomic E-state index is 12.2. The predicted molar refractivity (Wildman–Crippen MR) is 67.7 cm³/mol. The number of fused-ring (bicyclic) bond motifs is 1. The summed E-state index contributed by atoms with van der Waals surface area (Å²) in [6, 6.07) is 5.23. The van der Waals surface area contributed by atoms with E-state index >= 15 is 0 Å². The molecular weight excluding hydrogens is 246 g/mol. The van der Waals surface area contributed by atoms with Crippen LogP contribution in [0.3, 0.4) is 0 Å². The van der Waals surface area contributed by atoms with Gasteiger partial charge in [0.2, 0.25) is 0 Å². The van der Waals surface area contributed by atoms with E-state index in [4.69, 9.17) is 4.84 Å². The molecule has 2 aromatic rings. The molecule has 6 heteroatoms. The van der Waals surface area contributed by atoms with Gasteiger partial charge in [-0.05, 0) is 25.0 Å². The molecule has 98 valence electrons. The number of aromatic nitrogens is 2. The van der Waals surface area contributed by atoms with Crippen molar-refractivity contribution in [2.24, 2.45) is 0 Å². The third-order valence-corrected chi connectivity index (χ3v) is 3.07. The van der Waals surface area contributed by atoms with Crippen LogP contribution in [0.5, 0.6) is 0 Å². The third kappa shape index (κ3) is 2.10. The molecule has 2 aromatic heterocycles. The van der Waals surface area contributed by atoms with Crippen LogP contribution in [0, 0.1) is 0 Å². The lowest BCUT2D eigenvalue weighted by Gasteiger charge is -2.25. The van der Waals surface area contributed by atoms with Crippen molar-refractivity contribution in [3.05, 3.63) is 46.5 Å². The van der Waals surface area contributed by atoms with Crippen molar-refractivity contribution in [1.29, 1.82) is 0 Å². The van der Waals surface area contributed by atoms with E-state index in [0.717, 1.165) is 12.8 Å². The zero-order valence-electron chi connectivity index (χ0n) is 10.3. The molecule has 1 aliphatic heterocycles. The van der Waals surface area contributed by atoms with E-state index in [0.29, 0.717) is 18.8 Å². The second-order valence-corrected chi connectivity index (χ2v) is 4.35. The first-order valence-corrected chi connectivity index (χ1v) is 6.18. The smallest absolute Gasteiger partial charge is 0.271 e. The monoisotopic (exact) mass is 259 g/mol. The van der Waals surface area contributed by atoms with Gasteiger partial charge in [0, 0.05) is 18.9 Å². The molecule has 0 N–H and O–H groups in total. The third-order valence-electron chi connectivity index (χ3n) is 3.07. The molecule has 0 unspecified atom stereocenters. The van der Waals surface area contributed by atoms with E-state index in [1.165, 1.54) is 15.7 Å². The molecule has 0 atom stereocenters. The Labute approximate surface area is 109 Å². The van der Waals surface area contributed by atoms with Crippen molar-refractivity contribution >= 4 is 11.6 Å². The van der Waals surface area contributed by atoms with Gasteiger partial charge in [0.15, 0.2) is 0 Å². The predicted octanol–water partition coefficient (Wildman–Crippen LogP) is 0.862. The molecule has 1 saturated heterocycles. The summed E-state index contributed by atoms with van der Waals surface area (Å²) in [5.41, 5.74) is 0.180. The Morgan fingerprint density at radius 2 is 2.21 bits per heavy atom. The summed E-state index contributed by atoms with van der Waals surface area (Å²) in [7, 11) is 0. The minimum atomic E-state index is -0.421. The summed E-state index contributed by atoms with van der Waals surface area (Å²) in [6.45, 7) is 1.02. The minimum Gasteiger partial charge on any atom is -0.271 e. The highest BCUT2D eigenvalue weighted by Crippen LogP contribution is 2.09. The van der Waals surface area contributed by atoms with E-state index in [1.807, 2.05) is 0 Å². The molecule has 0 spiro atoms. The Balaban J connectivity index is 2.03. The van der Waals surface area contributed by atoms with Gasteiger partial charge < -0.3 is 0 Å². The van der Waals surface area contributed by atoms with E-state index in [1.54, 1.807) is 24.4 Å². The van der Waals surface area contributed by atoms with Crippen molar-refractivity contribution < 1.29 is 9.63 Å². The highest BCUT2D eigenvalue weighted by atomic mass is 16.7. The molecule has 3 heterocycles.